The lowest BCUT2D eigenvalue weighted by Gasteiger charge is -2.10. The number of halogens is 2. The summed E-state index contributed by atoms with van der Waals surface area (Å²) < 4.78 is 25.6. The Labute approximate surface area is 85.5 Å². The van der Waals surface area contributed by atoms with E-state index in [0.29, 0.717) is 12.0 Å². The van der Waals surface area contributed by atoms with E-state index in [2.05, 4.69) is 0 Å². The maximum Gasteiger partial charge on any atom is 0.307 e. The van der Waals surface area contributed by atoms with Crippen LogP contribution in [0.2, 0.25) is 0 Å². The van der Waals surface area contributed by atoms with E-state index < -0.39 is 28.9 Å². The van der Waals surface area contributed by atoms with Crippen LogP contribution in [0.1, 0.15) is 18.9 Å². The molecule has 0 spiro atoms. The van der Waals surface area contributed by atoms with Crippen LogP contribution in [0.15, 0.2) is 18.2 Å². The summed E-state index contributed by atoms with van der Waals surface area (Å²) >= 11 is 0. The van der Waals surface area contributed by atoms with Crippen LogP contribution >= 0.6 is 0 Å². The van der Waals surface area contributed by atoms with E-state index in [-0.39, 0.29) is 0 Å². The highest BCUT2D eigenvalue weighted by Crippen LogP contribution is 2.54. The number of benzene rings is 1. The number of rotatable bonds is 2. The minimum Gasteiger partial charge on any atom is -0.481 e. The highest BCUT2D eigenvalue weighted by molar-refractivity contribution is 5.77. The van der Waals surface area contributed by atoms with E-state index in [4.69, 9.17) is 5.11 Å². The van der Waals surface area contributed by atoms with Crippen molar-refractivity contribution in [2.45, 2.75) is 18.8 Å². The molecular formula is C11H10F2O2. The first-order valence-electron chi connectivity index (χ1n) is 4.63. The molecule has 0 bridgehead atoms. The third-order valence-electron chi connectivity index (χ3n) is 3.11. The summed E-state index contributed by atoms with van der Waals surface area (Å²) in [6, 6.07) is 3.56. The second kappa shape index (κ2) is 3.02. The normalized spacial score (nSPS) is 28.9. The SMILES string of the molecule is C[C@@]1(c2ccc(F)c(F)c2)C[C@@H]1C(=O)O. The van der Waals surface area contributed by atoms with Crippen molar-refractivity contribution < 1.29 is 18.7 Å². The molecule has 15 heavy (non-hydrogen) atoms. The number of aliphatic carboxylic acids is 1. The van der Waals surface area contributed by atoms with E-state index in [1.54, 1.807) is 6.92 Å². The van der Waals surface area contributed by atoms with Gasteiger partial charge in [-0.15, -0.1) is 0 Å². The second-order valence-corrected chi connectivity index (χ2v) is 4.14. The number of hydrogen-bond acceptors (Lipinski definition) is 1. The standard InChI is InChI=1S/C11H10F2O2/c1-11(5-7(11)10(14)15)6-2-3-8(12)9(13)4-6/h2-4,7H,5H2,1H3,(H,14,15)/t7-,11+/m1/s1. The van der Waals surface area contributed by atoms with Gasteiger partial charge in [0.1, 0.15) is 0 Å². The Kier molecular flexibility index (Phi) is 2.03. The zero-order valence-corrected chi connectivity index (χ0v) is 8.13. The van der Waals surface area contributed by atoms with Gasteiger partial charge < -0.3 is 5.11 Å². The molecule has 2 nitrogen and oxygen atoms in total. The summed E-state index contributed by atoms with van der Waals surface area (Å²) in [4.78, 5) is 10.7. The fourth-order valence-corrected chi connectivity index (χ4v) is 1.90. The van der Waals surface area contributed by atoms with Crippen LogP contribution in [0, 0.1) is 17.6 Å². The summed E-state index contributed by atoms with van der Waals surface area (Å²) in [5.74, 6) is -3.20. The summed E-state index contributed by atoms with van der Waals surface area (Å²) in [5.41, 5.74) is 0.00852. The van der Waals surface area contributed by atoms with Crippen molar-refractivity contribution >= 4 is 5.97 Å². The Hall–Kier alpha value is -1.45. The summed E-state index contributed by atoms with van der Waals surface area (Å²) in [6.07, 6.45) is 0.480. The molecule has 0 aliphatic heterocycles. The number of carboxylic acid groups (broad SMARTS) is 1. The van der Waals surface area contributed by atoms with E-state index >= 15 is 0 Å². The van der Waals surface area contributed by atoms with Crippen molar-refractivity contribution in [2.24, 2.45) is 5.92 Å². The van der Waals surface area contributed by atoms with Crippen molar-refractivity contribution in [1.29, 1.82) is 0 Å². The third kappa shape index (κ3) is 1.50. The van der Waals surface area contributed by atoms with Crippen LogP contribution in [0.5, 0.6) is 0 Å². The molecule has 4 heteroatoms. The van der Waals surface area contributed by atoms with Gasteiger partial charge in [-0.1, -0.05) is 13.0 Å². The van der Waals surface area contributed by atoms with Gasteiger partial charge in [0.15, 0.2) is 11.6 Å². The van der Waals surface area contributed by atoms with Crippen LogP contribution in [0.4, 0.5) is 8.78 Å². The summed E-state index contributed by atoms with van der Waals surface area (Å²) in [6.45, 7) is 1.75. The van der Waals surface area contributed by atoms with Crippen molar-refractivity contribution in [1.82, 2.24) is 0 Å². The largest absolute Gasteiger partial charge is 0.481 e. The zero-order valence-electron chi connectivity index (χ0n) is 8.13. The Bertz CT molecular complexity index is 431. The van der Waals surface area contributed by atoms with Crippen LogP contribution in [-0.2, 0) is 10.2 Å². The monoisotopic (exact) mass is 212 g/mol. The molecule has 0 radical (unpaired) electrons. The highest BCUT2D eigenvalue weighted by Gasteiger charge is 2.56. The van der Waals surface area contributed by atoms with Gasteiger partial charge in [0.2, 0.25) is 0 Å². The first-order chi connectivity index (χ1) is 6.95. The molecular weight excluding hydrogens is 202 g/mol. The Morgan fingerprint density at radius 1 is 1.47 bits per heavy atom. The number of carboxylic acids is 1. The van der Waals surface area contributed by atoms with Gasteiger partial charge in [-0.2, -0.15) is 0 Å². The lowest BCUT2D eigenvalue weighted by molar-refractivity contribution is -0.138. The average molecular weight is 212 g/mol. The molecule has 0 unspecified atom stereocenters. The molecule has 2 atom stereocenters. The van der Waals surface area contributed by atoms with Gasteiger partial charge in [-0.25, -0.2) is 8.78 Å². The molecule has 1 aliphatic rings. The van der Waals surface area contributed by atoms with Gasteiger partial charge >= 0.3 is 5.97 Å². The van der Waals surface area contributed by atoms with Crippen LogP contribution < -0.4 is 0 Å². The predicted octanol–water partition coefficient (Wildman–Crippen LogP) is 2.33. The summed E-state index contributed by atoms with van der Waals surface area (Å²) in [7, 11) is 0. The molecule has 80 valence electrons. The minimum atomic E-state index is -0.926. The molecule has 2 rings (SSSR count). The average Bonchev–Trinajstić information content (AvgIpc) is 2.84. The van der Waals surface area contributed by atoms with E-state index in [9.17, 15) is 13.6 Å². The fourth-order valence-electron chi connectivity index (χ4n) is 1.90. The molecule has 1 N–H and O–H groups in total. The molecule has 0 saturated heterocycles. The lowest BCUT2D eigenvalue weighted by atomic mass is 9.95. The maximum absolute atomic E-state index is 12.9. The van der Waals surface area contributed by atoms with Crippen molar-refractivity contribution in [2.75, 3.05) is 0 Å². The fraction of sp³-hybridized carbons (Fsp3) is 0.364. The minimum absolute atomic E-state index is 0.480. The molecule has 0 amide bonds. The second-order valence-electron chi connectivity index (χ2n) is 4.14. The molecule has 0 heterocycles. The molecule has 1 saturated carbocycles. The number of hydrogen-bond donors (Lipinski definition) is 1. The molecule has 1 fully saturated rings. The van der Waals surface area contributed by atoms with Crippen molar-refractivity contribution in [3.05, 3.63) is 35.4 Å². The zero-order chi connectivity index (χ0) is 11.2. The van der Waals surface area contributed by atoms with Crippen molar-refractivity contribution in [3.63, 3.8) is 0 Å². The smallest absolute Gasteiger partial charge is 0.307 e. The van der Waals surface area contributed by atoms with E-state index in [1.165, 1.54) is 6.07 Å². The van der Waals surface area contributed by atoms with Gasteiger partial charge in [0.05, 0.1) is 5.92 Å². The topological polar surface area (TPSA) is 37.3 Å². The van der Waals surface area contributed by atoms with Crippen LogP contribution in [0.25, 0.3) is 0 Å². The third-order valence-corrected chi connectivity index (χ3v) is 3.11. The van der Waals surface area contributed by atoms with Gasteiger partial charge in [-0.3, -0.25) is 4.79 Å². The first-order valence-corrected chi connectivity index (χ1v) is 4.63. The maximum atomic E-state index is 12.9. The van der Waals surface area contributed by atoms with Gasteiger partial charge in [0.25, 0.3) is 0 Å². The Morgan fingerprint density at radius 2 is 2.13 bits per heavy atom. The van der Waals surface area contributed by atoms with Crippen LogP contribution in [0.3, 0.4) is 0 Å². The predicted molar refractivity (Wildman–Crippen MR) is 49.5 cm³/mol. The van der Waals surface area contributed by atoms with E-state index in [1.807, 2.05) is 0 Å². The Balaban J connectivity index is 2.32. The molecule has 1 aliphatic carbocycles. The quantitative estimate of drug-likeness (QED) is 0.816. The highest BCUT2D eigenvalue weighted by atomic mass is 19.2. The van der Waals surface area contributed by atoms with Crippen molar-refractivity contribution in [3.8, 4) is 0 Å². The summed E-state index contributed by atoms with van der Waals surface area (Å²) in [5, 5.41) is 8.81. The molecule has 0 aromatic heterocycles. The Morgan fingerprint density at radius 3 is 2.60 bits per heavy atom. The first kappa shape index (κ1) is 10.1. The number of carbonyl (C=O) groups is 1. The van der Waals surface area contributed by atoms with Gasteiger partial charge in [-0.05, 0) is 24.1 Å². The van der Waals surface area contributed by atoms with E-state index in [0.717, 1.165) is 12.1 Å². The molecule has 1 aromatic rings. The molecule has 1 aromatic carbocycles. The lowest BCUT2D eigenvalue weighted by Crippen LogP contribution is -2.11. The van der Waals surface area contributed by atoms with Crippen LogP contribution in [-0.4, -0.2) is 11.1 Å². The van der Waals surface area contributed by atoms with Gasteiger partial charge in [0, 0.05) is 5.41 Å².